The molecular formula is C21H18N2O5S. The van der Waals surface area contributed by atoms with E-state index in [1.165, 1.54) is 23.0 Å². The summed E-state index contributed by atoms with van der Waals surface area (Å²) in [4.78, 5) is 30.8. The monoisotopic (exact) mass is 410 g/mol. The Morgan fingerprint density at radius 1 is 1.24 bits per heavy atom. The van der Waals surface area contributed by atoms with Gasteiger partial charge in [-0.15, -0.1) is 0 Å². The molecule has 1 aromatic carbocycles. The van der Waals surface area contributed by atoms with Crippen molar-refractivity contribution in [3.63, 3.8) is 0 Å². The van der Waals surface area contributed by atoms with Crippen molar-refractivity contribution in [2.24, 2.45) is 4.99 Å². The second-order valence-corrected chi connectivity index (χ2v) is 7.37. The van der Waals surface area contributed by atoms with E-state index >= 15 is 0 Å². The lowest BCUT2D eigenvalue weighted by Gasteiger charge is -2.24. The molecule has 3 aromatic rings. The molecule has 0 fully saturated rings. The highest BCUT2D eigenvalue weighted by Gasteiger charge is 2.33. The number of benzene rings is 1. The lowest BCUT2D eigenvalue weighted by Crippen LogP contribution is -2.39. The molecule has 148 valence electrons. The van der Waals surface area contributed by atoms with E-state index in [9.17, 15) is 9.59 Å². The number of allylic oxidation sites excluding steroid dienone is 1. The summed E-state index contributed by atoms with van der Waals surface area (Å²) in [5, 5.41) is 0. The highest BCUT2D eigenvalue weighted by Crippen LogP contribution is 2.31. The Morgan fingerprint density at radius 3 is 2.62 bits per heavy atom. The number of carbonyl (C=O) groups excluding carboxylic acids is 1. The van der Waals surface area contributed by atoms with Crippen LogP contribution in [-0.2, 0) is 9.53 Å². The zero-order valence-corrected chi connectivity index (χ0v) is 16.9. The minimum absolute atomic E-state index is 0.250. The number of methoxy groups -OCH3 is 2. The Kier molecular flexibility index (Phi) is 4.94. The number of hydrogen-bond donors (Lipinski definition) is 0. The van der Waals surface area contributed by atoms with Crippen molar-refractivity contribution in [2.75, 3.05) is 14.2 Å². The van der Waals surface area contributed by atoms with Crippen molar-refractivity contribution in [2.45, 2.75) is 13.0 Å². The van der Waals surface area contributed by atoms with Gasteiger partial charge in [-0.05, 0) is 36.8 Å². The summed E-state index contributed by atoms with van der Waals surface area (Å²) in [6.07, 6.45) is 3.22. The number of furan rings is 1. The zero-order chi connectivity index (χ0) is 20.5. The van der Waals surface area contributed by atoms with Crippen LogP contribution >= 0.6 is 11.3 Å². The SMILES string of the molecule is COC(=O)C1=C(C)N=c2s/c(=C\c3ccco3)c(=O)n2[C@H]1c1ccc(OC)cc1. The second-order valence-electron chi connectivity index (χ2n) is 6.36. The van der Waals surface area contributed by atoms with Crippen molar-refractivity contribution >= 4 is 23.4 Å². The first-order chi connectivity index (χ1) is 14.0. The molecule has 3 heterocycles. The molecule has 29 heavy (non-hydrogen) atoms. The average molecular weight is 410 g/mol. The van der Waals surface area contributed by atoms with E-state index in [-0.39, 0.29) is 5.56 Å². The molecule has 0 unspecified atom stereocenters. The van der Waals surface area contributed by atoms with Gasteiger partial charge in [0.05, 0.1) is 42.3 Å². The normalized spacial score (nSPS) is 16.4. The van der Waals surface area contributed by atoms with Gasteiger partial charge in [0.2, 0.25) is 0 Å². The molecular weight excluding hydrogens is 392 g/mol. The van der Waals surface area contributed by atoms with Crippen LogP contribution in [0.15, 0.2) is 68.1 Å². The summed E-state index contributed by atoms with van der Waals surface area (Å²) in [6.45, 7) is 1.74. The van der Waals surface area contributed by atoms with Crippen LogP contribution in [0.1, 0.15) is 24.3 Å². The van der Waals surface area contributed by atoms with Crippen LogP contribution in [0.5, 0.6) is 5.75 Å². The van der Waals surface area contributed by atoms with Crippen LogP contribution in [0.4, 0.5) is 0 Å². The summed E-state index contributed by atoms with van der Waals surface area (Å²) in [5.41, 5.74) is 1.35. The quantitative estimate of drug-likeness (QED) is 0.615. The second kappa shape index (κ2) is 7.56. The third kappa shape index (κ3) is 3.31. The fourth-order valence-corrected chi connectivity index (χ4v) is 4.32. The van der Waals surface area contributed by atoms with Crippen molar-refractivity contribution in [3.05, 3.63) is 84.9 Å². The third-order valence-corrected chi connectivity index (χ3v) is 5.66. The number of fused-ring (bicyclic) bond motifs is 1. The smallest absolute Gasteiger partial charge is 0.338 e. The van der Waals surface area contributed by atoms with Crippen LogP contribution in [0.2, 0.25) is 0 Å². The molecule has 0 bridgehead atoms. The molecule has 0 spiro atoms. The summed E-state index contributed by atoms with van der Waals surface area (Å²) in [5.74, 6) is 0.729. The van der Waals surface area contributed by atoms with Gasteiger partial charge in [0, 0.05) is 6.08 Å². The standard InChI is InChI=1S/C21H18N2O5S/c1-12-17(20(25)27-3)18(13-6-8-14(26-2)9-7-13)23-19(24)16(29-21(23)22-12)11-15-5-4-10-28-15/h4-11,18H,1-3H3/b16-11-/t18-/m0/s1. The molecule has 8 heteroatoms. The molecule has 2 aromatic heterocycles. The third-order valence-electron chi connectivity index (χ3n) is 4.68. The number of ether oxygens (including phenoxy) is 2. The van der Waals surface area contributed by atoms with Gasteiger partial charge in [0.15, 0.2) is 4.80 Å². The van der Waals surface area contributed by atoms with Crippen molar-refractivity contribution in [1.82, 2.24) is 4.57 Å². The Morgan fingerprint density at radius 2 is 2.00 bits per heavy atom. The first-order valence-electron chi connectivity index (χ1n) is 8.82. The summed E-state index contributed by atoms with van der Waals surface area (Å²) in [6, 6.07) is 10.1. The van der Waals surface area contributed by atoms with Gasteiger partial charge in [-0.1, -0.05) is 23.5 Å². The van der Waals surface area contributed by atoms with Gasteiger partial charge in [0.1, 0.15) is 11.5 Å². The van der Waals surface area contributed by atoms with Crippen LogP contribution < -0.4 is 19.6 Å². The zero-order valence-electron chi connectivity index (χ0n) is 16.0. The molecule has 1 atom stereocenters. The average Bonchev–Trinajstić information content (AvgIpc) is 3.35. The number of carbonyl (C=O) groups is 1. The minimum atomic E-state index is -0.650. The minimum Gasteiger partial charge on any atom is -0.497 e. The number of esters is 1. The van der Waals surface area contributed by atoms with E-state index in [4.69, 9.17) is 13.9 Å². The maximum atomic E-state index is 13.3. The molecule has 0 amide bonds. The fraction of sp³-hybridized carbons (Fsp3) is 0.190. The molecule has 0 saturated carbocycles. The van der Waals surface area contributed by atoms with Crippen LogP contribution in [-0.4, -0.2) is 24.8 Å². The maximum Gasteiger partial charge on any atom is 0.338 e. The maximum absolute atomic E-state index is 13.3. The molecule has 7 nitrogen and oxygen atoms in total. The number of nitrogens with zero attached hydrogens (tertiary/aromatic N) is 2. The van der Waals surface area contributed by atoms with E-state index in [0.717, 1.165) is 5.56 Å². The fourth-order valence-electron chi connectivity index (χ4n) is 3.30. The van der Waals surface area contributed by atoms with Crippen LogP contribution in [0, 0.1) is 0 Å². The predicted molar refractivity (Wildman–Crippen MR) is 107 cm³/mol. The largest absolute Gasteiger partial charge is 0.497 e. The molecule has 0 radical (unpaired) electrons. The summed E-state index contributed by atoms with van der Waals surface area (Å²) in [7, 11) is 2.90. The Balaban J connectivity index is 1.97. The van der Waals surface area contributed by atoms with Gasteiger partial charge in [-0.2, -0.15) is 0 Å². The lowest BCUT2D eigenvalue weighted by atomic mass is 9.96. The number of aromatic nitrogens is 1. The van der Waals surface area contributed by atoms with E-state index in [1.807, 2.05) is 12.1 Å². The van der Waals surface area contributed by atoms with E-state index < -0.39 is 12.0 Å². The molecule has 1 aliphatic heterocycles. The Hall–Kier alpha value is -3.39. The number of hydrogen-bond acceptors (Lipinski definition) is 7. The molecule has 0 N–H and O–H groups in total. The van der Waals surface area contributed by atoms with Gasteiger partial charge in [-0.3, -0.25) is 9.36 Å². The number of thiazole rings is 1. The van der Waals surface area contributed by atoms with Crippen molar-refractivity contribution in [1.29, 1.82) is 0 Å². The summed E-state index contributed by atoms with van der Waals surface area (Å²) >= 11 is 1.25. The predicted octanol–water partition coefficient (Wildman–Crippen LogP) is 2.01. The molecule has 1 aliphatic rings. The first kappa shape index (κ1) is 18.9. The van der Waals surface area contributed by atoms with Crippen LogP contribution in [0.25, 0.3) is 6.08 Å². The topological polar surface area (TPSA) is 83.0 Å². The van der Waals surface area contributed by atoms with Gasteiger partial charge in [0.25, 0.3) is 5.56 Å². The van der Waals surface area contributed by atoms with Crippen molar-refractivity contribution in [3.8, 4) is 5.75 Å². The molecule has 4 rings (SSSR count). The van der Waals surface area contributed by atoms with E-state index in [2.05, 4.69) is 4.99 Å². The van der Waals surface area contributed by atoms with Gasteiger partial charge < -0.3 is 13.9 Å². The van der Waals surface area contributed by atoms with E-state index in [0.29, 0.717) is 32.1 Å². The number of rotatable bonds is 4. The van der Waals surface area contributed by atoms with Gasteiger partial charge >= 0.3 is 5.97 Å². The van der Waals surface area contributed by atoms with Crippen molar-refractivity contribution < 1.29 is 18.7 Å². The molecule has 0 saturated heterocycles. The lowest BCUT2D eigenvalue weighted by molar-refractivity contribution is -0.136. The van der Waals surface area contributed by atoms with Crippen LogP contribution in [0.3, 0.4) is 0 Å². The first-order valence-corrected chi connectivity index (χ1v) is 9.63. The Labute approximate surface area is 169 Å². The summed E-state index contributed by atoms with van der Waals surface area (Å²) < 4.78 is 17.5. The molecule has 0 aliphatic carbocycles. The van der Waals surface area contributed by atoms with Gasteiger partial charge in [-0.25, -0.2) is 9.79 Å². The highest BCUT2D eigenvalue weighted by molar-refractivity contribution is 7.07. The highest BCUT2D eigenvalue weighted by atomic mass is 32.1. The Bertz CT molecular complexity index is 1260. The van der Waals surface area contributed by atoms with E-state index in [1.54, 1.807) is 50.6 Å².